The van der Waals surface area contributed by atoms with E-state index in [1.165, 1.54) is 6.92 Å². The lowest BCUT2D eigenvalue weighted by molar-refractivity contribution is -0.147. The summed E-state index contributed by atoms with van der Waals surface area (Å²) in [5, 5.41) is 11.4. The number of carbonyl (C=O) groups is 2. The lowest BCUT2D eigenvalue weighted by Crippen LogP contribution is -2.53. The second-order valence-corrected chi connectivity index (χ2v) is 2.92. The summed E-state index contributed by atoms with van der Waals surface area (Å²) in [6.07, 6.45) is 0.686. The largest absolute Gasteiger partial charge is 0.480 e. The highest BCUT2D eigenvalue weighted by atomic mass is 16.4. The fourth-order valence-corrected chi connectivity index (χ4v) is 1.14. The van der Waals surface area contributed by atoms with E-state index in [2.05, 4.69) is 17.2 Å². The van der Waals surface area contributed by atoms with Gasteiger partial charge in [0, 0.05) is 0 Å². The Kier molecular flexibility index (Phi) is 4.71. The molecule has 4 nitrogen and oxygen atoms in total. The predicted octanol–water partition coefficient (Wildman–Crippen LogP) is 0.769. The molecule has 0 rings (SSSR count). The molecule has 0 aliphatic carbocycles. The van der Waals surface area contributed by atoms with Gasteiger partial charge in [0.05, 0.1) is 0 Å². The Hall–Kier alpha value is -1.50. The first-order valence-corrected chi connectivity index (χ1v) is 4.50. The van der Waals surface area contributed by atoms with E-state index in [0.717, 1.165) is 0 Å². The Bertz CT molecular complexity index is 281. The monoisotopic (exact) mass is 197 g/mol. The van der Waals surface area contributed by atoms with E-state index >= 15 is 0 Å². The molecule has 0 fully saturated rings. The minimum atomic E-state index is -1.18. The van der Waals surface area contributed by atoms with E-state index in [-0.39, 0.29) is 0 Å². The van der Waals surface area contributed by atoms with Gasteiger partial charge in [0.2, 0.25) is 0 Å². The molecule has 78 valence electrons. The first-order chi connectivity index (χ1) is 6.52. The molecule has 0 aromatic carbocycles. The van der Waals surface area contributed by atoms with Crippen LogP contribution in [-0.4, -0.2) is 22.5 Å². The van der Waals surface area contributed by atoms with Gasteiger partial charge in [-0.05, 0) is 25.7 Å². The van der Waals surface area contributed by atoms with Crippen molar-refractivity contribution in [2.24, 2.45) is 0 Å². The Morgan fingerprint density at radius 3 is 2.14 bits per heavy atom. The highest BCUT2D eigenvalue weighted by Gasteiger charge is 2.35. The molecule has 14 heavy (non-hydrogen) atoms. The first kappa shape index (κ1) is 12.5. The zero-order chi connectivity index (χ0) is 11.2. The number of hydrogen-bond donors (Lipinski definition) is 2. The number of carbonyl (C=O) groups excluding carboxylic acids is 1. The van der Waals surface area contributed by atoms with E-state index in [1.807, 2.05) is 0 Å². The quantitative estimate of drug-likeness (QED) is 0.654. The number of carboxylic acids is 1. The second kappa shape index (κ2) is 5.28. The van der Waals surface area contributed by atoms with Crippen LogP contribution >= 0.6 is 0 Å². The molecule has 0 unspecified atom stereocenters. The van der Waals surface area contributed by atoms with Crippen LogP contribution in [0.25, 0.3) is 0 Å². The molecule has 2 N–H and O–H groups in total. The molecule has 0 atom stereocenters. The molecule has 0 heterocycles. The molecule has 1 amide bonds. The fourth-order valence-electron chi connectivity index (χ4n) is 1.14. The molecular formula is C10H15NO3. The van der Waals surface area contributed by atoms with E-state index in [9.17, 15) is 9.59 Å². The number of nitrogens with one attached hydrogen (secondary N) is 1. The van der Waals surface area contributed by atoms with Gasteiger partial charge in [0.15, 0.2) is 0 Å². The SMILES string of the molecule is CC#CC(=O)NC(CC)(CC)C(=O)O. The average Bonchev–Trinajstić information content (AvgIpc) is 2.14. The van der Waals surface area contributed by atoms with Gasteiger partial charge in [0.1, 0.15) is 5.54 Å². The number of amides is 1. The summed E-state index contributed by atoms with van der Waals surface area (Å²) in [5.41, 5.74) is -1.18. The molecule has 0 spiro atoms. The van der Waals surface area contributed by atoms with Crippen LogP contribution in [0.3, 0.4) is 0 Å². The molecule has 0 radical (unpaired) electrons. The zero-order valence-electron chi connectivity index (χ0n) is 8.68. The van der Waals surface area contributed by atoms with Crippen LogP contribution in [0.2, 0.25) is 0 Å². The molecule has 0 aromatic rings. The summed E-state index contributed by atoms with van der Waals surface area (Å²) in [6.45, 7) is 4.97. The lowest BCUT2D eigenvalue weighted by Gasteiger charge is -2.26. The fraction of sp³-hybridized carbons (Fsp3) is 0.600. The summed E-state index contributed by atoms with van der Waals surface area (Å²) in [7, 11) is 0. The van der Waals surface area contributed by atoms with Crippen LogP contribution in [0, 0.1) is 11.8 Å². The minimum Gasteiger partial charge on any atom is -0.480 e. The molecule has 4 heteroatoms. The van der Waals surface area contributed by atoms with Gasteiger partial charge < -0.3 is 10.4 Å². The maximum Gasteiger partial charge on any atom is 0.329 e. The van der Waals surface area contributed by atoms with Gasteiger partial charge in [-0.2, -0.15) is 0 Å². The molecule has 0 aromatic heterocycles. The van der Waals surface area contributed by atoms with Crippen molar-refractivity contribution in [3.8, 4) is 11.8 Å². The van der Waals surface area contributed by atoms with E-state index in [0.29, 0.717) is 12.8 Å². The Morgan fingerprint density at radius 1 is 1.36 bits per heavy atom. The van der Waals surface area contributed by atoms with Crippen molar-refractivity contribution in [3.05, 3.63) is 0 Å². The number of hydrogen-bond acceptors (Lipinski definition) is 2. The van der Waals surface area contributed by atoms with Crippen LogP contribution in [0.15, 0.2) is 0 Å². The Labute approximate surface area is 83.7 Å². The third-order valence-corrected chi connectivity index (χ3v) is 2.21. The predicted molar refractivity (Wildman–Crippen MR) is 52.5 cm³/mol. The summed E-state index contributed by atoms with van der Waals surface area (Å²) in [6, 6.07) is 0. The highest BCUT2D eigenvalue weighted by molar-refractivity contribution is 5.97. The van der Waals surface area contributed by atoms with Crippen LogP contribution in [0.4, 0.5) is 0 Å². The molecule has 0 bridgehead atoms. The van der Waals surface area contributed by atoms with Crippen LogP contribution < -0.4 is 5.32 Å². The standard InChI is InChI=1S/C10H15NO3/c1-4-7-8(12)11-10(5-2,6-3)9(13)14/h5-6H2,1-3H3,(H,11,12)(H,13,14). The molecule has 0 saturated heterocycles. The molecule has 0 saturated carbocycles. The van der Waals surface area contributed by atoms with Crippen molar-refractivity contribution in [3.63, 3.8) is 0 Å². The third-order valence-electron chi connectivity index (χ3n) is 2.21. The smallest absolute Gasteiger partial charge is 0.329 e. The molecule has 0 aliphatic heterocycles. The minimum absolute atomic E-state index is 0.343. The normalized spacial score (nSPS) is 9.93. The summed E-state index contributed by atoms with van der Waals surface area (Å²) < 4.78 is 0. The van der Waals surface area contributed by atoms with Gasteiger partial charge in [0.25, 0.3) is 5.91 Å². The number of carboxylic acid groups (broad SMARTS) is 1. The van der Waals surface area contributed by atoms with Crippen molar-refractivity contribution in [2.45, 2.75) is 39.2 Å². The van der Waals surface area contributed by atoms with E-state index in [1.54, 1.807) is 13.8 Å². The lowest BCUT2D eigenvalue weighted by atomic mass is 9.93. The number of aliphatic carboxylic acids is 1. The topological polar surface area (TPSA) is 66.4 Å². The highest BCUT2D eigenvalue weighted by Crippen LogP contribution is 2.14. The van der Waals surface area contributed by atoms with Gasteiger partial charge in [-0.15, -0.1) is 0 Å². The molecule has 0 aliphatic rings. The van der Waals surface area contributed by atoms with Crippen LogP contribution in [0.1, 0.15) is 33.6 Å². The second-order valence-electron chi connectivity index (χ2n) is 2.92. The van der Waals surface area contributed by atoms with Crippen molar-refractivity contribution < 1.29 is 14.7 Å². The van der Waals surface area contributed by atoms with Crippen molar-refractivity contribution in [1.29, 1.82) is 0 Å². The Balaban J connectivity index is 4.73. The third kappa shape index (κ3) is 2.77. The maximum absolute atomic E-state index is 11.1. The summed E-state index contributed by atoms with van der Waals surface area (Å²) in [4.78, 5) is 22.1. The summed E-state index contributed by atoms with van der Waals surface area (Å²) in [5.74, 6) is 3.12. The van der Waals surface area contributed by atoms with Gasteiger partial charge >= 0.3 is 5.97 Å². The Morgan fingerprint density at radius 2 is 1.86 bits per heavy atom. The van der Waals surface area contributed by atoms with Crippen LogP contribution in [0.5, 0.6) is 0 Å². The average molecular weight is 197 g/mol. The van der Waals surface area contributed by atoms with E-state index < -0.39 is 17.4 Å². The van der Waals surface area contributed by atoms with Crippen molar-refractivity contribution in [1.82, 2.24) is 5.32 Å². The van der Waals surface area contributed by atoms with Crippen molar-refractivity contribution in [2.75, 3.05) is 0 Å². The first-order valence-electron chi connectivity index (χ1n) is 4.50. The van der Waals surface area contributed by atoms with Gasteiger partial charge in [-0.1, -0.05) is 19.8 Å². The maximum atomic E-state index is 11.1. The molecular weight excluding hydrogens is 182 g/mol. The summed E-state index contributed by atoms with van der Waals surface area (Å²) >= 11 is 0. The van der Waals surface area contributed by atoms with Crippen LogP contribution in [-0.2, 0) is 9.59 Å². The van der Waals surface area contributed by atoms with E-state index in [4.69, 9.17) is 5.11 Å². The van der Waals surface area contributed by atoms with Crippen molar-refractivity contribution >= 4 is 11.9 Å². The van der Waals surface area contributed by atoms with Gasteiger partial charge in [-0.25, -0.2) is 4.79 Å². The number of rotatable bonds is 4. The zero-order valence-corrected chi connectivity index (χ0v) is 8.68. The van der Waals surface area contributed by atoms with Gasteiger partial charge in [-0.3, -0.25) is 4.79 Å².